The Morgan fingerprint density at radius 2 is 1.70 bits per heavy atom. The highest BCUT2D eigenvalue weighted by Gasteiger charge is 2.16. The zero-order chi connectivity index (χ0) is 23.5. The Bertz CT molecular complexity index is 1250. The third kappa shape index (κ3) is 5.34. The van der Waals surface area contributed by atoms with Crippen molar-refractivity contribution in [3.8, 4) is 5.82 Å². The van der Waals surface area contributed by atoms with Crippen molar-refractivity contribution in [2.75, 3.05) is 17.2 Å². The first-order chi connectivity index (χ1) is 15.8. The van der Waals surface area contributed by atoms with Crippen molar-refractivity contribution in [2.24, 2.45) is 0 Å². The lowest BCUT2D eigenvalue weighted by molar-refractivity contribution is 0.593. The second-order valence-corrected chi connectivity index (χ2v) is 8.23. The number of anilines is 2. The number of aryl methyl sites for hydroxylation is 3. The normalized spacial score (nSPS) is 11.1. The zero-order valence-electron chi connectivity index (χ0n) is 18.9. The third-order valence-corrected chi connectivity index (χ3v) is 5.48. The van der Waals surface area contributed by atoms with E-state index in [1.54, 1.807) is 18.3 Å². The van der Waals surface area contributed by atoms with Gasteiger partial charge in [-0.3, -0.25) is 0 Å². The van der Waals surface area contributed by atoms with Gasteiger partial charge in [0.15, 0.2) is 11.6 Å². The van der Waals surface area contributed by atoms with E-state index in [-0.39, 0.29) is 17.6 Å². The molecule has 33 heavy (non-hydrogen) atoms. The summed E-state index contributed by atoms with van der Waals surface area (Å²) in [5.74, 6) is -0.843. The van der Waals surface area contributed by atoms with Gasteiger partial charge in [-0.2, -0.15) is 10.1 Å². The number of hydrogen-bond acceptors (Lipinski definition) is 5. The summed E-state index contributed by atoms with van der Waals surface area (Å²) >= 11 is 0. The summed E-state index contributed by atoms with van der Waals surface area (Å²) in [6.45, 7) is 7.31. The van der Waals surface area contributed by atoms with Gasteiger partial charge in [-0.05, 0) is 68.1 Å². The van der Waals surface area contributed by atoms with Gasteiger partial charge in [0.2, 0.25) is 5.95 Å². The zero-order valence-corrected chi connectivity index (χ0v) is 18.9. The van der Waals surface area contributed by atoms with Gasteiger partial charge in [0.25, 0.3) is 0 Å². The van der Waals surface area contributed by atoms with Crippen molar-refractivity contribution >= 4 is 11.6 Å². The van der Waals surface area contributed by atoms with Crippen LogP contribution in [-0.4, -0.2) is 26.3 Å². The van der Waals surface area contributed by atoms with Crippen LogP contribution in [0.15, 0.2) is 54.9 Å². The van der Waals surface area contributed by atoms with Crippen LogP contribution < -0.4 is 10.6 Å². The Hall–Kier alpha value is -3.81. The second kappa shape index (κ2) is 9.36. The predicted octanol–water partition coefficient (Wildman–Crippen LogP) is 4.70. The largest absolute Gasteiger partial charge is 0.368 e. The van der Waals surface area contributed by atoms with Crippen molar-refractivity contribution in [3.05, 3.63) is 94.4 Å². The Morgan fingerprint density at radius 1 is 1.00 bits per heavy atom. The molecule has 0 saturated heterocycles. The van der Waals surface area contributed by atoms with Crippen LogP contribution >= 0.6 is 0 Å². The minimum atomic E-state index is -0.597. The average Bonchev–Trinajstić information content (AvgIpc) is 3.13. The van der Waals surface area contributed by atoms with Gasteiger partial charge in [-0.15, -0.1) is 0 Å². The fourth-order valence-electron chi connectivity index (χ4n) is 3.84. The van der Waals surface area contributed by atoms with Gasteiger partial charge in [-0.25, -0.2) is 18.4 Å². The Labute approximate surface area is 191 Å². The van der Waals surface area contributed by atoms with Crippen LogP contribution in [0.4, 0.5) is 20.4 Å². The van der Waals surface area contributed by atoms with E-state index < -0.39 is 5.82 Å². The van der Waals surface area contributed by atoms with Crippen LogP contribution in [0.3, 0.4) is 0 Å². The van der Waals surface area contributed by atoms with E-state index in [1.807, 2.05) is 6.92 Å². The SMILES string of the molecule is Cc1cc(C)cc(N(CCc2ccc(F)cc2)Cc2cn(-c3nc(N)ncc3F)nc2C)c1. The molecule has 6 nitrogen and oxygen atoms in total. The molecular weight excluding hydrogens is 422 g/mol. The first-order valence-electron chi connectivity index (χ1n) is 10.7. The maximum Gasteiger partial charge on any atom is 0.222 e. The molecule has 2 heterocycles. The van der Waals surface area contributed by atoms with Crippen molar-refractivity contribution in [1.82, 2.24) is 19.7 Å². The average molecular weight is 449 g/mol. The molecule has 2 N–H and O–H groups in total. The van der Waals surface area contributed by atoms with Crippen LogP contribution in [0.2, 0.25) is 0 Å². The lowest BCUT2D eigenvalue weighted by Gasteiger charge is -2.26. The maximum absolute atomic E-state index is 14.3. The van der Waals surface area contributed by atoms with Gasteiger partial charge in [-0.1, -0.05) is 18.2 Å². The molecule has 0 aliphatic carbocycles. The van der Waals surface area contributed by atoms with E-state index in [9.17, 15) is 8.78 Å². The molecule has 2 aromatic heterocycles. The molecule has 0 spiro atoms. The van der Waals surface area contributed by atoms with Gasteiger partial charge in [0, 0.05) is 30.5 Å². The highest BCUT2D eigenvalue weighted by atomic mass is 19.1. The van der Waals surface area contributed by atoms with Gasteiger partial charge < -0.3 is 10.6 Å². The summed E-state index contributed by atoms with van der Waals surface area (Å²) in [7, 11) is 0. The molecular formula is C25H26F2N6. The van der Waals surface area contributed by atoms with E-state index in [0.717, 1.165) is 35.1 Å². The Kier molecular flexibility index (Phi) is 6.35. The number of benzene rings is 2. The van der Waals surface area contributed by atoms with Crippen molar-refractivity contribution in [3.63, 3.8) is 0 Å². The lowest BCUT2D eigenvalue weighted by Crippen LogP contribution is -2.25. The summed E-state index contributed by atoms with van der Waals surface area (Å²) in [6.07, 6.45) is 3.56. The maximum atomic E-state index is 14.3. The molecule has 2 aromatic carbocycles. The number of aromatic nitrogens is 4. The minimum absolute atomic E-state index is 0.0149. The monoisotopic (exact) mass is 448 g/mol. The molecule has 0 aliphatic rings. The number of hydrogen-bond donors (Lipinski definition) is 1. The fourth-order valence-corrected chi connectivity index (χ4v) is 3.84. The van der Waals surface area contributed by atoms with E-state index in [4.69, 9.17) is 5.73 Å². The number of nitrogens with two attached hydrogens (primary N) is 1. The molecule has 0 saturated carbocycles. The molecule has 0 unspecified atom stereocenters. The topological polar surface area (TPSA) is 72.9 Å². The lowest BCUT2D eigenvalue weighted by atomic mass is 10.1. The third-order valence-electron chi connectivity index (χ3n) is 5.48. The summed E-state index contributed by atoms with van der Waals surface area (Å²) in [6, 6.07) is 13.0. The summed E-state index contributed by atoms with van der Waals surface area (Å²) in [4.78, 5) is 9.92. The summed E-state index contributed by atoms with van der Waals surface area (Å²) in [5.41, 5.74) is 11.8. The van der Waals surface area contributed by atoms with E-state index in [0.29, 0.717) is 13.1 Å². The molecule has 0 radical (unpaired) electrons. The fraction of sp³-hybridized carbons (Fsp3) is 0.240. The standard InChI is InChI=1S/C25H26F2N6/c1-16-10-17(2)12-22(11-16)32(9-8-19-4-6-21(26)7-5-19)14-20-15-33(31-18(20)3)24-23(27)13-29-25(28)30-24/h4-7,10-13,15H,8-9,14H2,1-3H3,(H2,28,29,30). The predicted molar refractivity (Wildman–Crippen MR) is 125 cm³/mol. The van der Waals surface area contributed by atoms with Crippen LogP contribution in [0.25, 0.3) is 5.82 Å². The summed E-state index contributed by atoms with van der Waals surface area (Å²) in [5, 5.41) is 4.46. The van der Waals surface area contributed by atoms with Crippen LogP contribution in [0.1, 0.15) is 27.9 Å². The Balaban J connectivity index is 1.64. The number of nitrogen functional groups attached to an aromatic ring is 1. The molecule has 170 valence electrons. The highest BCUT2D eigenvalue weighted by Crippen LogP contribution is 2.23. The molecule has 0 aliphatic heterocycles. The minimum Gasteiger partial charge on any atom is -0.368 e. The smallest absolute Gasteiger partial charge is 0.222 e. The van der Waals surface area contributed by atoms with Crippen LogP contribution in [-0.2, 0) is 13.0 Å². The number of halogens is 2. The Morgan fingerprint density at radius 3 is 2.39 bits per heavy atom. The van der Waals surface area contributed by atoms with E-state index in [2.05, 4.69) is 52.0 Å². The van der Waals surface area contributed by atoms with Crippen LogP contribution in [0, 0.1) is 32.4 Å². The van der Waals surface area contributed by atoms with Gasteiger partial charge in [0.05, 0.1) is 11.9 Å². The number of rotatable bonds is 7. The molecule has 8 heteroatoms. The van der Waals surface area contributed by atoms with Crippen molar-refractivity contribution in [1.29, 1.82) is 0 Å². The van der Waals surface area contributed by atoms with Crippen LogP contribution in [0.5, 0.6) is 0 Å². The van der Waals surface area contributed by atoms with Crippen molar-refractivity contribution < 1.29 is 8.78 Å². The summed E-state index contributed by atoms with van der Waals surface area (Å²) < 4.78 is 29.0. The van der Waals surface area contributed by atoms with Gasteiger partial charge >= 0.3 is 0 Å². The van der Waals surface area contributed by atoms with Gasteiger partial charge in [0.1, 0.15) is 5.82 Å². The van der Waals surface area contributed by atoms with E-state index >= 15 is 0 Å². The molecule has 0 bridgehead atoms. The first kappa shape index (κ1) is 22.4. The molecule has 0 fully saturated rings. The van der Waals surface area contributed by atoms with Crippen molar-refractivity contribution in [2.45, 2.75) is 33.7 Å². The first-order valence-corrected chi connectivity index (χ1v) is 10.7. The molecule has 4 rings (SSSR count). The molecule has 4 aromatic rings. The second-order valence-electron chi connectivity index (χ2n) is 8.23. The highest BCUT2D eigenvalue weighted by molar-refractivity contribution is 5.52. The number of nitrogens with zero attached hydrogens (tertiary/aromatic N) is 5. The quantitative estimate of drug-likeness (QED) is 0.444. The van der Waals surface area contributed by atoms with E-state index in [1.165, 1.54) is 27.9 Å². The molecule has 0 atom stereocenters. The molecule has 0 amide bonds.